The predicted molar refractivity (Wildman–Crippen MR) is 53.1 cm³/mol. The van der Waals surface area contributed by atoms with E-state index in [1.165, 1.54) is 6.20 Å². The number of carbonyl (C=O) groups excluding carboxylic acids is 1. The van der Waals surface area contributed by atoms with E-state index >= 15 is 0 Å². The van der Waals surface area contributed by atoms with Gasteiger partial charge in [0.25, 0.3) is 5.91 Å². The van der Waals surface area contributed by atoms with Gasteiger partial charge in [-0.1, -0.05) is 11.6 Å². The summed E-state index contributed by atoms with van der Waals surface area (Å²) < 4.78 is 0. The second-order valence-electron chi connectivity index (χ2n) is 3.33. The number of hydrogen-bond acceptors (Lipinski definition) is 3. The first kappa shape index (κ1) is 9.43. The van der Waals surface area contributed by atoms with Crippen LogP contribution in [0.2, 0.25) is 5.02 Å². The van der Waals surface area contributed by atoms with E-state index < -0.39 is 0 Å². The van der Waals surface area contributed by atoms with Gasteiger partial charge >= 0.3 is 0 Å². The topological polar surface area (TPSA) is 59.2 Å². The Morgan fingerprint density at radius 2 is 2.36 bits per heavy atom. The number of nitrogens with zero attached hydrogens (tertiary/aromatic N) is 2. The summed E-state index contributed by atoms with van der Waals surface area (Å²) >= 11 is 5.84. The van der Waals surface area contributed by atoms with E-state index in [4.69, 9.17) is 17.3 Å². The van der Waals surface area contributed by atoms with E-state index in [2.05, 4.69) is 4.98 Å². The third-order valence-electron chi connectivity index (χ3n) is 2.20. The minimum Gasteiger partial charge on any atom is -0.335 e. The molecule has 0 unspecified atom stereocenters. The molecule has 0 radical (unpaired) electrons. The molecule has 0 atom stereocenters. The number of hydrogen-bond donors (Lipinski definition) is 1. The molecule has 2 N–H and O–H groups in total. The van der Waals surface area contributed by atoms with Gasteiger partial charge in [0.1, 0.15) is 0 Å². The van der Waals surface area contributed by atoms with Crippen molar-refractivity contribution < 1.29 is 4.79 Å². The molecule has 1 aliphatic rings. The lowest BCUT2D eigenvalue weighted by atomic mass is 10.1. The first-order valence-corrected chi connectivity index (χ1v) is 4.70. The monoisotopic (exact) mass is 211 g/mol. The van der Waals surface area contributed by atoms with Gasteiger partial charge in [-0.25, -0.2) is 0 Å². The summed E-state index contributed by atoms with van der Waals surface area (Å²) in [7, 11) is 0. The predicted octanol–water partition coefficient (Wildman–Crippen LogP) is 0.518. The number of rotatable bonds is 1. The van der Waals surface area contributed by atoms with E-state index in [-0.39, 0.29) is 11.9 Å². The largest absolute Gasteiger partial charge is 0.335 e. The summed E-state index contributed by atoms with van der Waals surface area (Å²) in [5.74, 6) is -0.0703. The molecule has 1 amide bonds. The standard InChI is InChI=1S/C9H10ClN3O/c10-8-3-12-2-1-7(8)9(14)13-4-6(11)5-13/h1-3,6H,4-5,11H2. The van der Waals surface area contributed by atoms with E-state index in [1.807, 2.05) is 0 Å². The Kier molecular flexibility index (Phi) is 2.39. The molecule has 1 aromatic rings. The molecule has 0 spiro atoms. The highest BCUT2D eigenvalue weighted by Gasteiger charge is 2.29. The number of halogens is 1. The van der Waals surface area contributed by atoms with E-state index in [0.717, 1.165) is 0 Å². The summed E-state index contributed by atoms with van der Waals surface area (Å²) in [5, 5.41) is 0.387. The van der Waals surface area contributed by atoms with Gasteiger partial charge in [-0.15, -0.1) is 0 Å². The summed E-state index contributed by atoms with van der Waals surface area (Å²) in [6.45, 7) is 1.22. The van der Waals surface area contributed by atoms with Crippen molar-refractivity contribution in [1.29, 1.82) is 0 Å². The van der Waals surface area contributed by atoms with Gasteiger partial charge in [0.2, 0.25) is 0 Å². The van der Waals surface area contributed by atoms with Crippen molar-refractivity contribution in [2.24, 2.45) is 5.73 Å². The first-order chi connectivity index (χ1) is 6.68. The molecule has 1 aliphatic heterocycles. The van der Waals surface area contributed by atoms with Crippen molar-refractivity contribution >= 4 is 17.5 Å². The number of pyridine rings is 1. The minimum absolute atomic E-state index is 0.0703. The average molecular weight is 212 g/mol. The zero-order valence-electron chi connectivity index (χ0n) is 7.48. The normalized spacial score (nSPS) is 16.6. The molecule has 74 valence electrons. The van der Waals surface area contributed by atoms with Crippen molar-refractivity contribution in [3.05, 3.63) is 29.0 Å². The van der Waals surface area contributed by atoms with Crippen LogP contribution in [0.3, 0.4) is 0 Å². The molecule has 14 heavy (non-hydrogen) atoms. The van der Waals surface area contributed by atoms with Gasteiger partial charge in [0.15, 0.2) is 0 Å². The van der Waals surface area contributed by atoms with Crippen LogP contribution in [-0.2, 0) is 0 Å². The van der Waals surface area contributed by atoms with Gasteiger partial charge in [-0.2, -0.15) is 0 Å². The van der Waals surface area contributed by atoms with Gasteiger partial charge in [0, 0.05) is 31.5 Å². The first-order valence-electron chi connectivity index (χ1n) is 4.33. The van der Waals surface area contributed by atoms with E-state index in [9.17, 15) is 4.79 Å². The molecule has 4 nitrogen and oxygen atoms in total. The fourth-order valence-corrected chi connectivity index (χ4v) is 1.60. The van der Waals surface area contributed by atoms with Crippen LogP contribution in [0.1, 0.15) is 10.4 Å². The van der Waals surface area contributed by atoms with Crippen molar-refractivity contribution in [3.8, 4) is 0 Å². The summed E-state index contributed by atoms with van der Waals surface area (Å²) in [5.41, 5.74) is 6.08. The Labute approximate surface area is 86.7 Å². The van der Waals surface area contributed by atoms with E-state index in [0.29, 0.717) is 23.7 Å². The Morgan fingerprint density at radius 1 is 1.64 bits per heavy atom. The molecule has 2 heterocycles. The molecule has 0 aliphatic carbocycles. The third-order valence-corrected chi connectivity index (χ3v) is 2.50. The lowest BCUT2D eigenvalue weighted by molar-refractivity contribution is 0.0608. The Bertz CT molecular complexity index is 363. The van der Waals surface area contributed by atoms with Gasteiger partial charge in [0.05, 0.1) is 10.6 Å². The molecular weight excluding hydrogens is 202 g/mol. The molecule has 5 heteroatoms. The van der Waals surface area contributed by atoms with Crippen LogP contribution in [0.4, 0.5) is 0 Å². The lowest BCUT2D eigenvalue weighted by Gasteiger charge is -2.36. The molecule has 2 rings (SSSR count). The zero-order valence-corrected chi connectivity index (χ0v) is 8.24. The van der Waals surface area contributed by atoms with Crippen molar-refractivity contribution in [3.63, 3.8) is 0 Å². The highest BCUT2D eigenvalue weighted by atomic mass is 35.5. The highest BCUT2D eigenvalue weighted by Crippen LogP contribution is 2.18. The summed E-state index contributed by atoms with van der Waals surface area (Å²) in [6, 6.07) is 1.73. The SMILES string of the molecule is NC1CN(C(=O)c2ccncc2Cl)C1. The number of carbonyl (C=O) groups is 1. The fraction of sp³-hybridized carbons (Fsp3) is 0.333. The molecule has 1 fully saturated rings. The zero-order chi connectivity index (χ0) is 10.1. The number of aromatic nitrogens is 1. The Balaban J connectivity index is 2.16. The summed E-state index contributed by atoms with van der Waals surface area (Å²) in [4.78, 5) is 17.2. The second kappa shape index (κ2) is 3.55. The third kappa shape index (κ3) is 1.58. The van der Waals surface area contributed by atoms with Gasteiger partial charge < -0.3 is 10.6 Å². The van der Waals surface area contributed by atoms with E-state index in [1.54, 1.807) is 17.2 Å². The minimum atomic E-state index is -0.0703. The number of nitrogens with two attached hydrogens (primary N) is 1. The quantitative estimate of drug-likeness (QED) is 0.737. The van der Waals surface area contributed by atoms with Crippen molar-refractivity contribution in [2.45, 2.75) is 6.04 Å². The van der Waals surface area contributed by atoms with Crippen LogP contribution in [-0.4, -0.2) is 34.9 Å². The van der Waals surface area contributed by atoms with Crippen molar-refractivity contribution in [2.75, 3.05) is 13.1 Å². The number of amides is 1. The molecule has 0 bridgehead atoms. The Morgan fingerprint density at radius 3 is 2.93 bits per heavy atom. The highest BCUT2D eigenvalue weighted by molar-refractivity contribution is 6.33. The molecule has 1 saturated heterocycles. The number of likely N-dealkylation sites (tertiary alicyclic amines) is 1. The van der Waals surface area contributed by atoms with Crippen LogP contribution >= 0.6 is 11.6 Å². The lowest BCUT2D eigenvalue weighted by Crippen LogP contribution is -2.57. The van der Waals surface area contributed by atoms with Gasteiger partial charge in [-0.05, 0) is 6.07 Å². The van der Waals surface area contributed by atoms with Crippen LogP contribution in [0, 0.1) is 0 Å². The molecule has 0 aromatic carbocycles. The molecule has 0 saturated carbocycles. The smallest absolute Gasteiger partial charge is 0.255 e. The van der Waals surface area contributed by atoms with Gasteiger partial charge in [-0.3, -0.25) is 9.78 Å². The fourth-order valence-electron chi connectivity index (χ4n) is 1.40. The van der Waals surface area contributed by atoms with Crippen LogP contribution in [0.15, 0.2) is 18.5 Å². The van der Waals surface area contributed by atoms with Crippen LogP contribution in [0.5, 0.6) is 0 Å². The molecular formula is C9H10ClN3O. The second-order valence-corrected chi connectivity index (χ2v) is 3.73. The van der Waals surface area contributed by atoms with Crippen LogP contribution in [0.25, 0.3) is 0 Å². The summed E-state index contributed by atoms with van der Waals surface area (Å²) in [6.07, 6.45) is 3.02. The average Bonchev–Trinajstić information content (AvgIpc) is 2.13. The molecule has 1 aromatic heterocycles. The maximum Gasteiger partial charge on any atom is 0.255 e. The maximum absolute atomic E-state index is 11.8. The Hall–Kier alpha value is -1.13. The van der Waals surface area contributed by atoms with Crippen LogP contribution < -0.4 is 5.73 Å². The van der Waals surface area contributed by atoms with Crippen molar-refractivity contribution in [1.82, 2.24) is 9.88 Å². The maximum atomic E-state index is 11.8.